The highest BCUT2D eigenvalue weighted by Crippen LogP contribution is 2.24. The molecule has 0 saturated heterocycles. The molecule has 0 radical (unpaired) electrons. The lowest BCUT2D eigenvalue weighted by molar-refractivity contribution is 0.0600. The first kappa shape index (κ1) is 21.4. The minimum atomic E-state index is -3.98. The van der Waals surface area contributed by atoms with Crippen LogP contribution in [0.4, 0.5) is 11.4 Å². The number of methoxy groups -OCH3 is 1. The van der Waals surface area contributed by atoms with Gasteiger partial charge in [-0.05, 0) is 54.6 Å². The number of halogens is 1. The second-order valence-electron chi connectivity index (χ2n) is 6.14. The number of carbonyl (C=O) groups excluding carboxylic acids is 2. The molecule has 0 spiro atoms. The maximum Gasteiger partial charge on any atom is 0.339 e. The highest BCUT2D eigenvalue weighted by molar-refractivity contribution is 7.92. The molecule has 0 aliphatic heterocycles. The molecule has 3 aromatic carbocycles. The van der Waals surface area contributed by atoms with Crippen LogP contribution in [0.3, 0.4) is 0 Å². The van der Waals surface area contributed by atoms with E-state index in [1.54, 1.807) is 36.4 Å². The summed E-state index contributed by atoms with van der Waals surface area (Å²) in [5.41, 5.74) is 1.24. The number of benzene rings is 3. The Labute approximate surface area is 178 Å². The van der Waals surface area contributed by atoms with Crippen molar-refractivity contribution in [3.8, 4) is 0 Å². The minimum Gasteiger partial charge on any atom is -0.465 e. The van der Waals surface area contributed by atoms with Crippen molar-refractivity contribution in [2.24, 2.45) is 0 Å². The number of hydrogen-bond acceptors (Lipinski definition) is 5. The van der Waals surface area contributed by atoms with Gasteiger partial charge in [0.1, 0.15) is 0 Å². The zero-order chi connectivity index (χ0) is 21.7. The predicted molar refractivity (Wildman–Crippen MR) is 114 cm³/mol. The first-order valence-electron chi connectivity index (χ1n) is 8.67. The van der Waals surface area contributed by atoms with Crippen LogP contribution in [-0.2, 0) is 14.8 Å². The third kappa shape index (κ3) is 4.97. The number of hydrogen-bond donors (Lipinski definition) is 2. The van der Waals surface area contributed by atoms with Crippen LogP contribution >= 0.6 is 11.6 Å². The quantitative estimate of drug-likeness (QED) is 0.555. The lowest BCUT2D eigenvalue weighted by Crippen LogP contribution is -2.15. The molecule has 0 unspecified atom stereocenters. The summed E-state index contributed by atoms with van der Waals surface area (Å²) < 4.78 is 32.3. The Kier molecular flexibility index (Phi) is 6.39. The number of nitrogens with one attached hydrogen (secondary N) is 2. The van der Waals surface area contributed by atoms with Crippen LogP contribution < -0.4 is 10.0 Å². The lowest BCUT2D eigenvalue weighted by atomic mass is 10.2. The third-order valence-corrected chi connectivity index (χ3v) is 5.79. The van der Waals surface area contributed by atoms with E-state index in [4.69, 9.17) is 11.6 Å². The largest absolute Gasteiger partial charge is 0.465 e. The van der Waals surface area contributed by atoms with E-state index in [1.165, 1.54) is 31.4 Å². The zero-order valence-electron chi connectivity index (χ0n) is 15.8. The fraction of sp³-hybridized carbons (Fsp3) is 0.0476. The van der Waals surface area contributed by atoms with Crippen molar-refractivity contribution >= 4 is 44.9 Å². The number of ether oxygens (including phenoxy) is 1. The van der Waals surface area contributed by atoms with Crippen molar-refractivity contribution in [3.63, 3.8) is 0 Å². The maximum atomic E-state index is 12.6. The molecule has 7 nitrogen and oxygen atoms in total. The molecule has 3 aromatic rings. The van der Waals surface area contributed by atoms with E-state index in [-0.39, 0.29) is 27.1 Å². The average Bonchev–Trinajstić information content (AvgIpc) is 2.75. The SMILES string of the molecule is COC(=O)c1cc(S(=O)(=O)Nc2ccc(NC(=O)c3ccccc3)cc2)ccc1Cl. The first-order chi connectivity index (χ1) is 14.3. The predicted octanol–water partition coefficient (Wildman–Crippen LogP) is 4.18. The average molecular weight is 445 g/mol. The summed E-state index contributed by atoms with van der Waals surface area (Å²) in [6, 6.07) is 18.6. The number of esters is 1. The molecule has 1 amide bonds. The fourth-order valence-electron chi connectivity index (χ4n) is 2.57. The molecule has 0 fully saturated rings. The van der Waals surface area contributed by atoms with Gasteiger partial charge in [0, 0.05) is 16.9 Å². The van der Waals surface area contributed by atoms with Crippen molar-refractivity contribution in [2.75, 3.05) is 17.1 Å². The maximum absolute atomic E-state index is 12.6. The second-order valence-corrected chi connectivity index (χ2v) is 8.23. The smallest absolute Gasteiger partial charge is 0.339 e. The molecule has 154 valence electrons. The van der Waals surface area contributed by atoms with Gasteiger partial charge in [0.25, 0.3) is 15.9 Å². The molecule has 30 heavy (non-hydrogen) atoms. The standard InChI is InChI=1S/C21H17ClN2O5S/c1-29-21(26)18-13-17(11-12-19(18)22)30(27,28)24-16-9-7-15(8-10-16)23-20(25)14-5-3-2-4-6-14/h2-13,24H,1H3,(H,23,25). The van der Waals surface area contributed by atoms with Crippen LogP contribution in [0.5, 0.6) is 0 Å². The molecule has 0 atom stereocenters. The topological polar surface area (TPSA) is 102 Å². The Morgan fingerprint density at radius 1 is 0.900 bits per heavy atom. The molecule has 3 rings (SSSR count). The van der Waals surface area contributed by atoms with Crippen LogP contribution in [-0.4, -0.2) is 27.4 Å². The molecule has 0 aromatic heterocycles. The molecule has 2 N–H and O–H groups in total. The van der Waals surface area contributed by atoms with Gasteiger partial charge in [0.15, 0.2) is 0 Å². The van der Waals surface area contributed by atoms with Gasteiger partial charge in [-0.3, -0.25) is 9.52 Å². The van der Waals surface area contributed by atoms with Crippen molar-refractivity contribution < 1.29 is 22.7 Å². The van der Waals surface area contributed by atoms with Gasteiger partial charge in [-0.2, -0.15) is 0 Å². The van der Waals surface area contributed by atoms with Gasteiger partial charge < -0.3 is 10.1 Å². The van der Waals surface area contributed by atoms with Crippen LogP contribution in [0, 0.1) is 0 Å². The van der Waals surface area contributed by atoms with E-state index in [0.29, 0.717) is 11.3 Å². The van der Waals surface area contributed by atoms with Crippen LogP contribution in [0.1, 0.15) is 20.7 Å². The van der Waals surface area contributed by atoms with Crippen LogP contribution in [0.2, 0.25) is 5.02 Å². The van der Waals surface area contributed by atoms with E-state index in [1.807, 2.05) is 6.07 Å². The molecule has 9 heteroatoms. The number of carbonyl (C=O) groups is 2. The summed E-state index contributed by atoms with van der Waals surface area (Å²) in [6.45, 7) is 0. The summed E-state index contributed by atoms with van der Waals surface area (Å²) in [4.78, 5) is 23.8. The highest BCUT2D eigenvalue weighted by atomic mass is 35.5. The molecular formula is C21H17ClN2O5S. The summed E-state index contributed by atoms with van der Waals surface area (Å²) >= 11 is 5.93. The number of anilines is 2. The molecule has 0 bridgehead atoms. The number of sulfonamides is 1. The number of amides is 1. The van der Waals surface area contributed by atoms with Crippen molar-refractivity contribution in [1.82, 2.24) is 0 Å². The van der Waals surface area contributed by atoms with Gasteiger partial charge in [-0.25, -0.2) is 13.2 Å². The minimum absolute atomic E-state index is 0.0546. The first-order valence-corrected chi connectivity index (χ1v) is 10.5. The Balaban J connectivity index is 1.75. The van der Waals surface area contributed by atoms with Gasteiger partial charge in [-0.15, -0.1) is 0 Å². The number of rotatable bonds is 6. The van der Waals surface area contributed by atoms with Crippen LogP contribution in [0.15, 0.2) is 77.7 Å². The molecule has 0 aliphatic rings. The molecule has 0 heterocycles. The Morgan fingerprint density at radius 3 is 2.17 bits per heavy atom. The summed E-state index contributed by atoms with van der Waals surface area (Å²) in [7, 11) is -2.80. The summed E-state index contributed by atoms with van der Waals surface area (Å²) in [5.74, 6) is -1.02. The third-order valence-electron chi connectivity index (χ3n) is 4.08. The van der Waals surface area contributed by atoms with E-state index in [2.05, 4.69) is 14.8 Å². The van der Waals surface area contributed by atoms with Gasteiger partial charge in [0.05, 0.1) is 22.6 Å². The van der Waals surface area contributed by atoms with Gasteiger partial charge in [-0.1, -0.05) is 29.8 Å². The van der Waals surface area contributed by atoms with Crippen LogP contribution in [0.25, 0.3) is 0 Å². The fourth-order valence-corrected chi connectivity index (χ4v) is 3.85. The monoisotopic (exact) mass is 444 g/mol. The second kappa shape index (κ2) is 8.98. The van der Waals surface area contributed by atoms with Crippen molar-refractivity contribution in [3.05, 3.63) is 88.9 Å². The van der Waals surface area contributed by atoms with Crippen molar-refractivity contribution in [1.29, 1.82) is 0 Å². The Morgan fingerprint density at radius 2 is 1.53 bits per heavy atom. The highest BCUT2D eigenvalue weighted by Gasteiger charge is 2.19. The molecule has 0 saturated carbocycles. The van der Waals surface area contributed by atoms with Crippen molar-refractivity contribution in [2.45, 2.75) is 4.90 Å². The van der Waals surface area contributed by atoms with E-state index < -0.39 is 16.0 Å². The zero-order valence-corrected chi connectivity index (χ0v) is 17.3. The lowest BCUT2D eigenvalue weighted by Gasteiger charge is -2.11. The van der Waals surface area contributed by atoms with E-state index in [0.717, 1.165) is 6.07 Å². The summed E-state index contributed by atoms with van der Waals surface area (Å²) in [6.07, 6.45) is 0. The normalized spacial score (nSPS) is 10.9. The van der Waals surface area contributed by atoms with E-state index >= 15 is 0 Å². The molecule has 0 aliphatic carbocycles. The summed E-state index contributed by atoms with van der Waals surface area (Å²) in [5, 5.41) is 2.81. The Hall–Kier alpha value is -3.36. The molecular weight excluding hydrogens is 428 g/mol. The van der Waals surface area contributed by atoms with Gasteiger partial charge in [0.2, 0.25) is 0 Å². The van der Waals surface area contributed by atoms with E-state index in [9.17, 15) is 18.0 Å². The van der Waals surface area contributed by atoms with Gasteiger partial charge >= 0.3 is 5.97 Å². The Bertz CT molecular complexity index is 1180.